The lowest BCUT2D eigenvalue weighted by Crippen LogP contribution is -2.53. The average molecular weight is 175 g/mol. The highest BCUT2D eigenvalue weighted by atomic mass is 16.7. The van der Waals surface area contributed by atoms with Gasteiger partial charge in [0.05, 0.1) is 0 Å². The van der Waals surface area contributed by atoms with Crippen molar-refractivity contribution in [3.05, 3.63) is 0 Å². The van der Waals surface area contributed by atoms with E-state index in [2.05, 4.69) is 4.84 Å². The molecule has 0 aromatic carbocycles. The van der Waals surface area contributed by atoms with Crippen LogP contribution in [0, 0.1) is 0 Å². The van der Waals surface area contributed by atoms with Crippen molar-refractivity contribution in [3.63, 3.8) is 0 Å². The van der Waals surface area contributed by atoms with Crippen molar-refractivity contribution in [2.75, 3.05) is 13.7 Å². The van der Waals surface area contributed by atoms with Crippen LogP contribution in [0.1, 0.15) is 20.3 Å². The highest BCUT2D eigenvalue weighted by Gasteiger charge is 2.36. The Labute approximate surface area is 72.6 Å². The van der Waals surface area contributed by atoms with Crippen molar-refractivity contribution in [2.24, 2.45) is 11.6 Å². The molecule has 72 valence electrons. The van der Waals surface area contributed by atoms with Gasteiger partial charge in [0, 0.05) is 6.67 Å². The molecule has 0 fully saturated rings. The Hall–Kier alpha value is -0.650. The van der Waals surface area contributed by atoms with Gasteiger partial charge in [0.25, 0.3) is 0 Å². The quantitative estimate of drug-likeness (QED) is 0.441. The molecule has 12 heavy (non-hydrogen) atoms. The van der Waals surface area contributed by atoms with Crippen LogP contribution < -0.4 is 11.6 Å². The summed E-state index contributed by atoms with van der Waals surface area (Å²) in [4.78, 5) is 17.1. The van der Waals surface area contributed by atoms with Crippen molar-refractivity contribution in [1.29, 1.82) is 0 Å². The van der Waals surface area contributed by atoms with E-state index in [1.807, 2.05) is 6.92 Å². The van der Waals surface area contributed by atoms with Gasteiger partial charge >= 0.3 is 5.97 Å². The van der Waals surface area contributed by atoms with Crippen molar-refractivity contribution >= 4 is 5.97 Å². The summed E-state index contributed by atoms with van der Waals surface area (Å²) in [6.45, 7) is 3.91. The molecule has 0 aliphatic heterocycles. The third-order valence-corrected chi connectivity index (χ3v) is 2.35. The predicted molar refractivity (Wildman–Crippen MR) is 45.8 cm³/mol. The van der Waals surface area contributed by atoms with Gasteiger partial charge in [0.2, 0.25) is 0 Å². The SMILES string of the molecule is CCC(C)(C(=O)ON)N(C)CN. The maximum Gasteiger partial charge on any atom is 0.344 e. The molecule has 0 saturated carbocycles. The summed E-state index contributed by atoms with van der Waals surface area (Å²) in [7, 11) is 1.75. The minimum Gasteiger partial charge on any atom is -0.372 e. The van der Waals surface area contributed by atoms with Gasteiger partial charge in [-0.2, -0.15) is 5.90 Å². The summed E-state index contributed by atoms with van der Waals surface area (Å²) in [5.74, 6) is 4.35. The molecule has 0 bridgehead atoms. The van der Waals surface area contributed by atoms with E-state index < -0.39 is 11.5 Å². The number of hydrogen-bond acceptors (Lipinski definition) is 5. The fourth-order valence-corrected chi connectivity index (χ4v) is 0.899. The third kappa shape index (κ3) is 1.94. The zero-order valence-corrected chi connectivity index (χ0v) is 7.83. The molecule has 1 atom stereocenters. The zero-order chi connectivity index (χ0) is 9.78. The second-order valence-electron chi connectivity index (χ2n) is 2.91. The van der Waals surface area contributed by atoms with E-state index in [1.54, 1.807) is 18.9 Å². The number of rotatable bonds is 4. The molecule has 5 nitrogen and oxygen atoms in total. The van der Waals surface area contributed by atoms with Gasteiger partial charge in [0.1, 0.15) is 5.54 Å². The minimum atomic E-state index is -0.719. The number of likely N-dealkylation sites (N-methyl/N-ethyl adjacent to an activating group) is 1. The molecule has 0 spiro atoms. The third-order valence-electron chi connectivity index (χ3n) is 2.35. The van der Waals surface area contributed by atoms with Crippen LogP contribution in [0.3, 0.4) is 0 Å². The van der Waals surface area contributed by atoms with Gasteiger partial charge in [-0.1, -0.05) is 6.92 Å². The van der Waals surface area contributed by atoms with Gasteiger partial charge in [-0.25, -0.2) is 4.79 Å². The fraction of sp³-hybridized carbons (Fsp3) is 0.857. The Bertz CT molecular complexity index is 163. The normalized spacial score (nSPS) is 15.8. The maximum absolute atomic E-state index is 11.2. The molecule has 0 amide bonds. The van der Waals surface area contributed by atoms with Crippen molar-refractivity contribution in [1.82, 2.24) is 4.90 Å². The zero-order valence-electron chi connectivity index (χ0n) is 7.83. The molecular weight excluding hydrogens is 158 g/mol. The van der Waals surface area contributed by atoms with E-state index in [0.29, 0.717) is 13.1 Å². The van der Waals surface area contributed by atoms with Crippen LogP contribution >= 0.6 is 0 Å². The second kappa shape index (κ2) is 4.39. The Morgan fingerprint density at radius 3 is 2.42 bits per heavy atom. The smallest absolute Gasteiger partial charge is 0.344 e. The molecule has 4 N–H and O–H groups in total. The van der Waals surface area contributed by atoms with Gasteiger partial charge in [-0.05, 0) is 20.4 Å². The Kier molecular flexibility index (Phi) is 4.16. The molecule has 0 radical (unpaired) electrons. The van der Waals surface area contributed by atoms with Crippen LogP contribution in [-0.2, 0) is 9.63 Å². The molecule has 0 aromatic rings. The molecule has 5 heteroatoms. The van der Waals surface area contributed by atoms with Crippen LogP contribution in [0.4, 0.5) is 0 Å². The van der Waals surface area contributed by atoms with Crippen molar-refractivity contribution in [3.8, 4) is 0 Å². The first kappa shape index (κ1) is 11.4. The monoisotopic (exact) mass is 175 g/mol. The Balaban J connectivity index is 4.54. The van der Waals surface area contributed by atoms with Gasteiger partial charge in [-0.3, -0.25) is 4.90 Å². The number of carbonyl (C=O) groups is 1. The average Bonchev–Trinajstić information content (AvgIpc) is 2.13. The van der Waals surface area contributed by atoms with Crippen LogP contribution in [0.15, 0.2) is 0 Å². The predicted octanol–water partition coefficient (Wildman–Crippen LogP) is -0.580. The molecule has 0 aliphatic rings. The molecule has 0 heterocycles. The molecule has 1 unspecified atom stereocenters. The van der Waals surface area contributed by atoms with Gasteiger partial charge < -0.3 is 10.6 Å². The topological polar surface area (TPSA) is 81.6 Å². The lowest BCUT2D eigenvalue weighted by atomic mass is 9.98. The van der Waals surface area contributed by atoms with E-state index in [-0.39, 0.29) is 0 Å². The Morgan fingerprint density at radius 2 is 2.17 bits per heavy atom. The largest absolute Gasteiger partial charge is 0.372 e. The van der Waals surface area contributed by atoms with Crippen LogP contribution in [0.2, 0.25) is 0 Å². The lowest BCUT2D eigenvalue weighted by Gasteiger charge is -2.33. The molecule has 0 aromatic heterocycles. The van der Waals surface area contributed by atoms with E-state index in [1.165, 1.54) is 0 Å². The number of nitrogens with two attached hydrogens (primary N) is 2. The number of carbonyl (C=O) groups excluding carboxylic acids is 1. The first-order chi connectivity index (χ1) is 5.52. The Morgan fingerprint density at radius 1 is 1.67 bits per heavy atom. The lowest BCUT2D eigenvalue weighted by molar-refractivity contribution is -0.157. The molecular formula is C7H17N3O2. The number of nitrogens with zero attached hydrogens (tertiary/aromatic N) is 1. The van der Waals surface area contributed by atoms with Crippen molar-refractivity contribution < 1.29 is 9.63 Å². The first-order valence-corrected chi connectivity index (χ1v) is 3.85. The van der Waals surface area contributed by atoms with E-state index >= 15 is 0 Å². The fourth-order valence-electron chi connectivity index (χ4n) is 0.899. The van der Waals surface area contributed by atoms with Crippen LogP contribution in [-0.4, -0.2) is 30.1 Å². The summed E-state index contributed by atoms with van der Waals surface area (Å²) in [5.41, 5.74) is 4.68. The second-order valence-corrected chi connectivity index (χ2v) is 2.91. The van der Waals surface area contributed by atoms with Crippen LogP contribution in [0.25, 0.3) is 0 Å². The van der Waals surface area contributed by atoms with Crippen LogP contribution in [0.5, 0.6) is 0 Å². The van der Waals surface area contributed by atoms with E-state index in [0.717, 1.165) is 0 Å². The van der Waals surface area contributed by atoms with Gasteiger partial charge in [0.15, 0.2) is 0 Å². The highest BCUT2D eigenvalue weighted by Crippen LogP contribution is 2.17. The summed E-state index contributed by atoms with van der Waals surface area (Å²) in [6, 6.07) is 0. The summed E-state index contributed by atoms with van der Waals surface area (Å²) < 4.78 is 0. The highest BCUT2D eigenvalue weighted by molar-refractivity contribution is 5.79. The summed E-state index contributed by atoms with van der Waals surface area (Å²) >= 11 is 0. The van der Waals surface area contributed by atoms with E-state index in [4.69, 9.17) is 11.6 Å². The molecule has 0 saturated heterocycles. The molecule has 0 aliphatic carbocycles. The van der Waals surface area contributed by atoms with Crippen molar-refractivity contribution in [2.45, 2.75) is 25.8 Å². The minimum absolute atomic E-state index is 0.291. The summed E-state index contributed by atoms with van der Waals surface area (Å²) in [6.07, 6.45) is 0.608. The first-order valence-electron chi connectivity index (χ1n) is 3.85. The maximum atomic E-state index is 11.2. The van der Waals surface area contributed by atoms with Gasteiger partial charge in [-0.15, -0.1) is 0 Å². The standard InChI is InChI=1S/C7H17N3O2/c1-4-7(2,6(11)12-9)10(3)5-8/h4-5,8-9H2,1-3H3. The van der Waals surface area contributed by atoms with E-state index in [9.17, 15) is 4.79 Å². The molecule has 0 rings (SSSR count). The number of hydrogen-bond donors (Lipinski definition) is 2. The summed E-state index contributed by atoms with van der Waals surface area (Å²) in [5, 5.41) is 0.